The quantitative estimate of drug-likeness (QED) is 0.673. The van der Waals surface area contributed by atoms with Gasteiger partial charge in [0.25, 0.3) is 0 Å². The average Bonchev–Trinajstić information content (AvgIpc) is 2.37. The molecular weight excluding hydrogens is 163 g/mol. The Morgan fingerprint density at radius 2 is 2.09 bits per heavy atom. The Morgan fingerprint density at radius 3 is 2.55 bits per heavy atom. The lowest BCUT2D eigenvalue weighted by Gasteiger charge is -2.16. The minimum absolute atomic E-state index is 0.0811. The van der Waals surface area contributed by atoms with Gasteiger partial charge in [-0.15, -0.1) is 0 Å². The summed E-state index contributed by atoms with van der Waals surface area (Å²) in [6.07, 6.45) is 3.85. The largest absolute Gasteiger partial charge is 0.331 e. The second-order valence-corrected chi connectivity index (χ2v) is 5.04. The zero-order chi connectivity index (χ0) is 8.32. The molecule has 1 rings (SSSR count). The average molecular weight is 178 g/mol. The Morgan fingerprint density at radius 1 is 1.55 bits per heavy atom. The Bertz CT molecular complexity index is 163. The minimum Gasteiger partial charge on any atom is -0.324 e. The van der Waals surface area contributed by atoms with Gasteiger partial charge in [-0.1, -0.05) is 12.8 Å². The molecule has 66 valence electrons. The molecule has 1 saturated carbocycles. The Labute approximate surface area is 67.3 Å². The van der Waals surface area contributed by atoms with E-state index >= 15 is 0 Å². The van der Waals surface area contributed by atoms with Crippen molar-refractivity contribution >= 4 is 7.60 Å². The van der Waals surface area contributed by atoms with Gasteiger partial charge in [-0.05, 0) is 19.8 Å². The lowest BCUT2D eigenvalue weighted by Crippen LogP contribution is -2.05. The molecule has 0 heterocycles. The van der Waals surface area contributed by atoms with Crippen LogP contribution in [0.15, 0.2) is 0 Å². The molecule has 0 aromatic rings. The van der Waals surface area contributed by atoms with Crippen molar-refractivity contribution in [3.63, 3.8) is 0 Å². The molecule has 11 heavy (non-hydrogen) atoms. The minimum atomic E-state index is -3.24. The SMILES string of the molecule is CCOP(=O)(O)C1CCCC1. The molecule has 0 radical (unpaired) electrons. The van der Waals surface area contributed by atoms with Gasteiger partial charge < -0.3 is 9.42 Å². The molecule has 1 N–H and O–H groups in total. The summed E-state index contributed by atoms with van der Waals surface area (Å²) >= 11 is 0. The molecule has 0 bridgehead atoms. The first-order valence-corrected chi connectivity index (χ1v) is 5.78. The van der Waals surface area contributed by atoms with Crippen LogP contribution in [0, 0.1) is 0 Å². The van der Waals surface area contributed by atoms with Crippen LogP contribution in [-0.2, 0) is 9.09 Å². The Balaban J connectivity index is 2.48. The molecule has 0 aromatic heterocycles. The van der Waals surface area contributed by atoms with Crippen molar-refractivity contribution in [2.75, 3.05) is 6.61 Å². The van der Waals surface area contributed by atoms with Gasteiger partial charge in [0.05, 0.1) is 12.3 Å². The molecule has 0 aromatic carbocycles. The van der Waals surface area contributed by atoms with E-state index in [1.807, 2.05) is 0 Å². The standard InChI is InChI=1S/C7H15O3P/c1-2-10-11(8,9)7-5-3-4-6-7/h7H,2-6H2,1H3,(H,8,9). The lowest BCUT2D eigenvalue weighted by molar-refractivity contribution is 0.264. The third-order valence-electron chi connectivity index (χ3n) is 2.10. The number of hydrogen-bond donors (Lipinski definition) is 1. The molecule has 4 heteroatoms. The van der Waals surface area contributed by atoms with E-state index in [-0.39, 0.29) is 5.66 Å². The van der Waals surface area contributed by atoms with Gasteiger partial charge in [0.1, 0.15) is 0 Å². The maximum atomic E-state index is 11.3. The molecule has 1 aliphatic rings. The summed E-state index contributed by atoms with van der Waals surface area (Å²) < 4.78 is 16.2. The van der Waals surface area contributed by atoms with Crippen molar-refractivity contribution < 1.29 is 14.0 Å². The Kier molecular flexibility index (Phi) is 3.11. The normalized spacial score (nSPS) is 25.3. The number of rotatable bonds is 3. The molecular formula is C7H15O3P. The maximum absolute atomic E-state index is 11.3. The summed E-state index contributed by atoms with van der Waals surface area (Å²) in [6, 6.07) is 0. The molecule has 1 atom stereocenters. The fourth-order valence-electron chi connectivity index (χ4n) is 1.52. The predicted octanol–water partition coefficient (Wildman–Crippen LogP) is 2.15. The summed E-state index contributed by atoms with van der Waals surface area (Å²) in [5.41, 5.74) is -0.0811. The van der Waals surface area contributed by atoms with Crippen LogP contribution in [0.25, 0.3) is 0 Å². The van der Waals surface area contributed by atoms with E-state index in [1.165, 1.54) is 0 Å². The number of hydrogen-bond acceptors (Lipinski definition) is 2. The molecule has 1 unspecified atom stereocenters. The van der Waals surface area contributed by atoms with Gasteiger partial charge in [-0.3, -0.25) is 4.57 Å². The van der Waals surface area contributed by atoms with Crippen molar-refractivity contribution in [3.8, 4) is 0 Å². The third kappa shape index (κ3) is 2.29. The summed E-state index contributed by atoms with van der Waals surface area (Å²) in [5, 5.41) is 0. The highest BCUT2D eigenvalue weighted by Crippen LogP contribution is 2.53. The van der Waals surface area contributed by atoms with E-state index in [1.54, 1.807) is 6.92 Å². The van der Waals surface area contributed by atoms with Crippen LogP contribution in [0.1, 0.15) is 32.6 Å². The maximum Gasteiger partial charge on any atom is 0.331 e. The third-order valence-corrected chi connectivity index (χ3v) is 4.17. The van der Waals surface area contributed by atoms with E-state index < -0.39 is 7.60 Å². The van der Waals surface area contributed by atoms with Crippen LogP contribution in [0.2, 0.25) is 0 Å². The topological polar surface area (TPSA) is 46.5 Å². The first kappa shape index (κ1) is 9.24. The van der Waals surface area contributed by atoms with Crippen LogP contribution in [0.3, 0.4) is 0 Å². The second-order valence-electron chi connectivity index (χ2n) is 2.92. The summed E-state index contributed by atoms with van der Waals surface area (Å²) in [5.74, 6) is 0. The van der Waals surface area contributed by atoms with Crippen LogP contribution < -0.4 is 0 Å². The van der Waals surface area contributed by atoms with Gasteiger partial charge in [-0.2, -0.15) is 0 Å². The first-order chi connectivity index (χ1) is 5.17. The zero-order valence-electron chi connectivity index (χ0n) is 6.82. The van der Waals surface area contributed by atoms with E-state index in [0.717, 1.165) is 25.7 Å². The zero-order valence-corrected chi connectivity index (χ0v) is 7.72. The molecule has 0 spiro atoms. The molecule has 1 fully saturated rings. The van der Waals surface area contributed by atoms with E-state index in [4.69, 9.17) is 4.52 Å². The highest BCUT2D eigenvalue weighted by molar-refractivity contribution is 7.53. The second kappa shape index (κ2) is 3.70. The summed E-state index contributed by atoms with van der Waals surface area (Å²) in [7, 11) is -3.24. The summed E-state index contributed by atoms with van der Waals surface area (Å²) in [4.78, 5) is 9.35. The van der Waals surface area contributed by atoms with Gasteiger partial charge in [0.15, 0.2) is 0 Å². The van der Waals surface area contributed by atoms with Crippen molar-refractivity contribution in [2.24, 2.45) is 0 Å². The first-order valence-electron chi connectivity index (χ1n) is 4.14. The molecule has 0 saturated heterocycles. The highest BCUT2D eigenvalue weighted by Gasteiger charge is 2.33. The van der Waals surface area contributed by atoms with Gasteiger partial charge in [0.2, 0.25) is 0 Å². The van der Waals surface area contributed by atoms with Crippen molar-refractivity contribution in [2.45, 2.75) is 38.3 Å². The molecule has 0 amide bonds. The van der Waals surface area contributed by atoms with Gasteiger partial charge >= 0.3 is 7.60 Å². The highest BCUT2D eigenvalue weighted by atomic mass is 31.2. The monoisotopic (exact) mass is 178 g/mol. The fraction of sp³-hybridized carbons (Fsp3) is 1.00. The van der Waals surface area contributed by atoms with E-state index in [0.29, 0.717) is 6.61 Å². The van der Waals surface area contributed by atoms with Crippen LogP contribution in [0.5, 0.6) is 0 Å². The van der Waals surface area contributed by atoms with Crippen molar-refractivity contribution in [3.05, 3.63) is 0 Å². The Hall–Kier alpha value is 0.150. The van der Waals surface area contributed by atoms with E-state index in [2.05, 4.69) is 0 Å². The molecule has 1 aliphatic carbocycles. The van der Waals surface area contributed by atoms with Crippen molar-refractivity contribution in [1.29, 1.82) is 0 Å². The van der Waals surface area contributed by atoms with E-state index in [9.17, 15) is 9.46 Å². The predicted molar refractivity (Wildman–Crippen MR) is 43.7 cm³/mol. The lowest BCUT2D eigenvalue weighted by atomic mass is 10.4. The van der Waals surface area contributed by atoms with Gasteiger partial charge in [0, 0.05) is 0 Å². The van der Waals surface area contributed by atoms with Gasteiger partial charge in [-0.25, -0.2) is 0 Å². The van der Waals surface area contributed by atoms with Crippen LogP contribution in [-0.4, -0.2) is 17.2 Å². The van der Waals surface area contributed by atoms with Crippen molar-refractivity contribution in [1.82, 2.24) is 0 Å². The van der Waals surface area contributed by atoms with Crippen LogP contribution >= 0.6 is 7.60 Å². The van der Waals surface area contributed by atoms with Crippen LogP contribution in [0.4, 0.5) is 0 Å². The summed E-state index contributed by atoms with van der Waals surface area (Å²) in [6.45, 7) is 2.09. The fourth-order valence-corrected chi connectivity index (χ4v) is 3.12. The molecule has 3 nitrogen and oxygen atoms in total. The smallest absolute Gasteiger partial charge is 0.324 e. The molecule has 0 aliphatic heterocycles.